The fourth-order valence-electron chi connectivity index (χ4n) is 2.23. The van der Waals surface area contributed by atoms with Gasteiger partial charge in [-0.15, -0.1) is 0 Å². The molecule has 0 aromatic carbocycles. The Balaban J connectivity index is 1.87. The monoisotopic (exact) mass is 185 g/mol. The number of rotatable bonds is 2. The van der Waals surface area contributed by atoms with Gasteiger partial charge in [0.2, 0.25) is 0 Å². The fourth-order valence-corrected chi connectivity index (χ4v) is 2.23. The van der Waals surface area contributed by atoms with Gasteiger partial charge in [0, 0.05) is 38.3 Å². The molecule has 2 rings (SSSR count). The van der Waals surface area contributed by atoms with Crippen molar-refractivity contribution in [2.24, 2.45) is 5.73 Å². The molecule has 4 heteroatoms. The standard InChI is InChI=1S/C9H19N3O/c1-11-5-9(6-11)12-2-3-13-7-8(12)4-10/h8-9H,2-7,10H2,1H3. The topological polar surface area (TPSA) is 41.7 Å². The highest BCUT2D eigenvalue weighted by molar-refractivity contribution is 4.91. The van der Waals surface area contributed by atoms with E-state index in [0.717, 1.165) is 32.3 Å². The molecule has 0 aromatic heterocycles. The van der Waals surface area contributed by atoms with E-state index in [9.17, 15) is 0 Å². The van der Waals surface area contributed by atoms with Gasteiger partial charge in [-0.2, -0.15) is 0 Å². The Morgan fingerprint density at radius 1 is 1.46 bits per heavy atom. The van der Waals surface area contributed by atoms with E-state index in [1.165, 1.54) is 13.1 Å². The minimum absolute atomic E-state index is 0.451. The second-order valence-electron chi connectivity index (χ2n) is 4.08. The summed E-state index contributed by atoms with van der Waals surface area (Å²) in [4.78, 5) is 4.86. The van der Waals surface area contributed by atoms with Crippen LogP contribution in [-0.4, -0.2) is 68.3 Å². The maximum Gasteiger partial charge on any atom is 0.0634 e. The molecule has 1 atom stereocenters. The van der Waals surface area contributed by atoms with Crippen molar-refractivity contribution in [3.8, 4) is 0 Å². The summed E-state index contributed by atoms with van der Waals surface area (Å²) in [6, 6.07) is 1.18. The molecule has 2 aliphatic rings. The summed E-state index contributed by atoms with van der Waals surface area (Å²) in [6.45, 7) is 5.85. The van der Waals surface area contributed by atoms with Crippen molar-refractivity contribution in [2.75, 3.05) is 46.4 Å². The first-order chi connectivity index (χ1) is 6.31. The zero-order valence-corrected chi connectivity index (χ0v) is 8.28. The van der Waals surface area contributed by atoms with E-state index in [2.05, 4.69) is 16.8 Å². The van der Waals surface area contributed by atoms with Gasteiger partial charge in [-0.3, -0.25) is 4.90 Å². The number of nitrogens with two attached hydrogens (primary N) is 1. The highest BCUT2D eigenvalue weighted by Crippen LogP contribution is 2.17. The lowest BCUT2D eigenvalue weighted by Gasteiger charge is -2.48. The van der Waals surface area contributed by atoms with E-state index >= 15 is 0 Å². The number of likely N-dealkylation sites (tertiary alicyclic amines) is 1. The maximum atomic E-state index is 5.71. The van der Waals surface area contributed by atoms with Gasteiger partial charge in [-0.1, -0.05) is 0 Å². The molecule has 2 fully saturated rings. The highest BCUT2D eigenvalue weighted by atomic mass is 16.5. The number of nitrogens with zero attached hydrogens (tertiary/aromatic N) is 2. The molecule has 2 aliphatic heterocycles. The van der Waals surface area contributed by atoms with Crippen molar-refractivity contribution in [1.82, 2.24) is 9.80 Å². The average Bonchev–Trinajstić information content (AvgIpc) is 2.13. The van der Waals surface area contributed by atoms with E-state index in [1.807, 2.05) is 0 Å². The second kappa shape index (κ2) is 3.92. The van der Waals surface area contributed by atoms with Crippen LogP contribution in [0.25, 0.3) is 0 Å². The predicted molar refractivity (Wildman–Crippen MR) is 51.7 cm³/mol. The molecular weight excluding hydrogens is 166 g/mol. The van der Waals surface area contributed by atoms with Crippen LogP contribution >= 0.6 is 0 Å². The molecule has 76 valence electrons. The average molecular weight is 185 g/mol. The van der Waals surface area contributed by atoms with Crippen LogP contribution in [0.1, 0.15) is 0 Å². The van der Waals surface area contributed by atoms with Crippen molar-refractivity contribution >= 4 is 0 Å². The van der Waals surface area contributed by atoms with Crippen molar-refractivity contribution in [3.05, 3.63) is 0 Å². The first-order valence-electron chi connectivity index (χ1n) is 5.03. The van der Waals surface area contributed by atoms with Crippen LogP contribution in [0.4, 0.5) is 0 Å². The molecule has 0 amide bonds. The molecule has 0 bridgehead atoms. The molecule has 1 unspecified atom stereocenters. The zero-order chi connectivity index (χ0) is 9.26. The zero-order valence-electron chi connectivity index (χ0n) is 8.28. The lowest BCUT2D eigenvalue weighted by atomic mass is 10.0. The lowest BCUT2D eigenvalue weighted by Crippen LogP contribution is -2.64. The van der Waals surface area contributed by atoms with Crippen molar-refractivity contribution in [2.45, 2.75) is 12.1 Å². The van der Waals surface area contributed by atoms with Gasteiger partial charge in [0.15, 0.2) is 0 Å². The number of hydrogen-bond acceptors (Lipinski definition) is 4. The Hall–Kier alpha value is -0.160. The van der Waals surface area contributed by atoms with Crippen LogP contribution in [0.15, 0.2) is 0 Å². The van der Waals surface area contributed by atoms with Crippen molar-refractivity contribution in [3.63, 3.8) is 0 Å². The SMILES string of the molecule is CN1CC(N2CCOCC2CN)C1. The minimum atomic E-state index is 0.451. The summed E-state index contributed by atoms with van der Waals surface area (Å²) in [5.41, 5.74) is 5.71. The first kappa shape index (κ1) is 9.40. The van der Waals surface area contributed by atoms with Gasteiger partial charge in [-0.05, 0) is 7.05 Å². The Morgan fingerprint density at radius 3 is 2.85 bits per heavy atom. The summed E-state index contributed by atoms with van der Waals surface area (Å²) >= 11 is 0. The first-order valence-corrected chi connectivity index (χ1v) is 5.03. The third-order valence-electron chi connectivity index (χ3n) is 3.06. The number of morpholine rings is 1. The molecule has 0 aliphatic carbocycles. The smallest absolute Gasteiger partial charge is 0.0634 e. The van der Waals surface area contributed by atoms with Crippen LogP contribution in [0, 0.1) is 0 Å². The third-order valence-corrected chi connectivity index (χ3v) is 3.06. The fraction of sp³-hybridized carbons (Fsp3) is 1.00. The van der Waals surface area contributed by atoms with Gasteiger partial charge < -0.3 is 15.4 Å². The van der Waals surface area contributed by atoms with Gasteiger partial charge >= 0.3 is 0 Å². The van der Waals surface area contributed by atoms with Crippen molar-refractivity contribution in [1.29, 1.82) is 0 Å². The van der Waals surface area contributed by atoms with Crippen LogP contribution in [0.5, 0.6) is 0 Å². The number of ether oxygens (including phenoxy) is 1. The Morgan fingerprint density at radius 2 is 2.23 bits per heavy atom. The normalized spacial score (nSPS) is 33.2. The summed E-state index contributed by atoms with van der Waals surface area (Å²) in [7, 11) is 2.16. The largest absolute Gasteiger partial charge is 0.378 e. The molecule has 4 nitrogen and oxygen atoms in total. The minimum Gasteiger partial charge on any atom is -0.378 e. The molecular formula is C9H19N3O. The van der Waals surface area contributed by atoms with Crippen LogP contribution in [-0.2, 0) is 4.74 Å². The van der Waals surface area contributed by atoms with Crippen LogP contribution < -0.4 is 5.73 Å². The van der Waals surface area contributed by atoms with Gasteiger partial charge in [0.1, 0.15) is 0 Å². The summed E-state index contributed by atoms with van der Waals surface area (Å²) in [5.74, 6) is 0. The molecule has 2 saturated heterocycles. The third kappa shape index (κ3) is 1.86. The van der Waals surface area contributed by atoms with Gasteiger partial charge in [0.05, 0.1) is 13.2 Å². The van der Waals surface area contributed by atoms with E-state index in [1.54, 1.807) is 0 Å². The summed E-state index contributed by atoms with van der Waals surface area (Å²) < 4.78 is 5.41. The summed E-state index contributed by atoms with van der Waals surface area (Å²) in [6.07, 6.45) is 0. The van der Waals surface area contributed by atoms with E-state index in [4.69, 9.17) is 10.5 Å². The van der Waals surface area contributed by atoms with E-state index in [-0.39, 0.29) is 0 Å². The molecule has 2 N–H and O–H groups in total. The van der Waals surface area contributed by atoms with Crippen molar-refractivity contribution < 1.29 is 4.74 Å². The second-order valence-corrected chi connectivity index (χ2v) is 4.08. The molecule has 0 spiro atoms. The predicted octanol–water partition coefficient (Wildman–Crippen LogP) is -1.04. The van der Waals surface area contributed by atoms with Crippen LogP contribution in [0.3, 0.4) is 0 Å². The number of likely N-dealkylation sites (N-methyl/N-ethyl adjacent to an activating group) is 1. The van der Waals surface area contributed by atoms with E-state index in [0.29, 0.717) is 6.04 Å². The Kier molecular flexibility index (Phi) is 2.83. The van der Waals surface area contributed by atoms with E-state index < -0.39 is 0 Å². The molecule has 0 saturated carbocycles. The lowest BCUT2D eigenvalue weighted by molar-refractivity contribution is -0.0599. The van der Waals surface area contributed by atoms with Crippen LogP contribution in [0.2, 0.25) is 0 Å². The quantitative estimate of drug-likeness (QED) is 0.597. The molecule has 2 heterocycles. The van der Waals surface area contributed by atoms with Gasteiger partial charge in [0.25, 0.3) is 0 Å². The highest BCUT2D eigenvalue weighted by Gasteiger charge is 2.34. The Labute approximate surface area is 79.6 Å². The number of hydrogen-bond donors (Lipinski definition) is 1. The van der Waals surface area contributed by atoms with Gasteiger partial charge in [-0.25, -0.2) is 0 Å². The molecule has 13 heavy (non-hydrogen) atoms. The maximum absolute atomic E-state index is 5.71. The molecule has 0 aromatic rings. The Bertz CT molecular complexity index is 170. The summed E-state index contributed by atoms with van der Waals surface area (Å²) in [5, 5.41) is 0. The molecule has 0 radical (unpaired) electrons.